The molecule has 0 spiro atoms. The SMILES string of the molecule is C[NH+](C(=O)COc1ccc2occc2c1)C(CN1CC[C@H](O)C1)c1ccccc1. The van der Waals surface area contributed by atoms with Gasteiger partial charge in [-0.2, -0.15) is 0 Å². The summed E-state index contributed by atoms with van der Waals surface area (Å²) in [6.07, 6.45) is 2.15. The van der Waals surface area contributed by atoms with E-state index in [0.717, 1.165) is 40.9 Å². The van der Waals surface area contributed by atoms with E-state index < -0.39 is 0 Å². The van der Waals surface area contributed by atoms with Crippen LogP contribution < -0.4 is 9.64 Å². The minimum atomic E-state index is -0.274. The second kappa shape index (κ2) is 8.78. The molecule has 6 nitrogen and oxygen atoms in total. The third-order valence-corrected chi connectivity index (χ3v) is 5.65. The Morgan fingerprint density at radius 1 is 1.28 bits per heavy atom. The van der Waals surface area contributed by atoms with E-state index in [4.69, 9.17) is 9.15 Å². The summed E-state index contributed by atoms with van der Waals surface area (Å²) in [6.45, 7) is 2.24. The summed E-state index contributed by atoms with van der Waals surface area (Å²) in [5.74, 6) is 0.643. The highest BCUT2D eigenvalue weighted by Crippen LogP contribution is 2.21. The van der Waals surface area contributed by atoms with Crippen molar-refractivity contribution < 1.29 is 24.0 Å². The summed E-state index contributed by atoms with van der Waals surface area (Å²) in [5, 5.41) is 10.8. The van der Waals surface area contributed by atoms with E-state index in [0.29, 0.717) is 12.3 Å². The number of ether oxygens (including phenoxy) is 1. The molecule has 1 amide bonds. The number of aliphatic hydroxyl groups is 1. The number of nitrogens with zero attached hydrogens (tertiary/aromatic N) is 1. The van der Waals surface area contributed by atoms with E-state index in [2.05, 4.69) is 17.0 Å². The Balaban J connectivity index is 1.44. The predicted octanol–water partition coefficient (Wildman–Crippen LogP) is 1.66. The van der Waals surface area contributed by atoms with Crippen LogP contribution in [0.15, 0.2) is 65.3 Å². The van der Waals surface area contributed by atoms with Crippen molar-refractivity contribution in [3.05, 3.63) is 66.4 Å². The van der Waals surface area contributed by atoms with Crippen LogP contribution in [0.2, 0.25) is 0 Å². The molecule has 29 heavy (non-hydrogen) atoms. The van der Waals surface area contributed by atoms with Gasteiger partial charge in [0.25, 0.3) is 0 Å². The van der Waals surface area contributed by atoms with E-state index >= 15 is 0 Å². The molecule has 0 radical (unpaired) electrons. The number of amides is 1. The van der Waals surface area contributed by atoms with E-state index in [1.165, 1.54) is 0 Å². The molecule has 0 bridgehead atoms. The van der Waals surface area contributed by atoms with E-state index in [9.17, 15) is 9.90 Å². The molecule has 1 saturated heterocycles. The van der Waals surface area contributed by atoms with Crippen molar-refractivity contribution in [3.8, 4) is 5.75 Å². The molecule has 2 N–H and O–H groups in total. The van der Waals surface area contributed by atoms with Crippen LogP contribution in [-0.2, 0) is 4.79 Å². The molecular weight excluding hydrogens is 368 g/mol. The maximum absolute atomic E-state index is 12.9. The molecule has 2 heterocycles. The number of likely N-dealkylation sites (N-methyl/N-ethyl adjacent to an activating group) is 1. The number of benzene rings is 2. The topological polar surface area (TPSA) is 67.4 Å². The summed E-state index contributed by atoms with van der Waals surface area (Å²) >= 11 is 0. The molecule has 3 atom stereocenters. The molecule has 0 aliphatic carbocycles. The first-order valence-corrected chi connectivity index (χ1v) is 10.0. The van der Waals surface area contributed by atoms with E-state index in [1.54, 1.807) is 6.26 Å². The second-order valence-corrected chi connectivity index (χ2v) is 7.68. The lowest BCUT2D eigenvalue weighted by atomic mass is 10.0. The number of nitrogens with one attached hydrogen (secondary N) is 1. The van der Waals surface area contributed by atoms with Crippen molar-refractivity contribution in [2.45, 2.75) is 18.6 Å². The maximum atomic E-state index is 12.9. The van der Waals surface area contributed by atoms with Crippen molar-refractivity contribution in [3.63, 3.8) is 0 Å². The van der Waals surface area contributed by atoms with Gasteiger partial charge in [-0.05, 0) is 30.7 Å². The highest BCUT2D eigenvalue weighted by atomic mass is 16.5. The minimum absolute atomic E-state index is 0.00114. The number of hydrogen-bond acceptors (Lipinski definition) is 5. The molecule has 0 saturated carbocycles. The van der Waals surface area contributed by atoms with Crippen molar-refractivity contribution >= 4 is 16.9 Å². The van der Waals surface area contributed by atoms with Gasteiger partial charge >= 0.3 is 5.91 Å². The zero-order valence-corrected chi connectivity index (χ0v) is 16.6. The first-order chi connectivity index (χ1) is 14.1. The predicted molar refractivity (Wildman–Crippen MR) is 110 cm³/mol. The number of furan rings is 1. The molecule has 3 aromatic rings. The molecule has 1 aliphatic rings. The Bertz CT molecular complexity index is 956. The highest BCUT2D eigenvalue weighted by molar-refractivity contribution is 5.78. The van der Waals surface area contributed by atoms with Crippen LogP contribution in [0.4, 0.5) is 0 Å². The highest BCUT2D eigenvalue weighted by Gasteiger charge is 2.31. The quantitative estimate of drug-likeness (QED) is 0.637. The monoisotopic (exact) mass is 395 g/mol. The Morgan fingerprint density at radius 2 is 2.10 bits per heavy atom. The summed E-state index contributed by atoms with van der Waals surface area (Å²) in [6, 6.07) is 17.5. The van der Waals surface area contributed by atoms with Gasteiger partial charge in [0.05, 0.1) is 26.0 Å². The average molecular weight is 395 g/mol. The van der Waals surface area contributed by atoms with E-state index in [1.807, 2.05) is 49.5 Å². The first kappa shape index (κ1) is 19.6. The molecule has 2 aromatic carbocycles. The Kier molecular flexibility index (Phi) is 5.94. The van der Waals surface area contributed by atoms with Crippen LogP contribution in [-0.4, -0.2) is 55.3 Å². The Labute approximate surface area is 170 Å². The Morgan fingerprint density at radius 3 is 2.86 bits per heavy atom. The van der Waals surface area contributed by atoms with Gasteiger partial charge in [-0.15, -0.1) is 0 Å². The first-order valence-electron chi connectivity index (χ1n) is 10.0. The number of aliphatic hydroxyl groups excluding tert-OH is 1. The van der Waals surface area contributed by atoms with Crippen molar-refractivity contribution in [2.75, 3.05) is 33.3 Å². The zero-order valence-electron chi connectivity index (χ0n) is 16.6. The van der Waals surface area contributed by atoms with Crippen molar-refractivity contribution in [1.82, 2.24) is 4.90 Å². The van der Waals surface area contributed by atoms with Crippen LogP contribution in [0.25, 0.3) is 11.0 Å². The van der Waals surface area contributed by atoms with Gasteiger partial charge in [-0.1, -0.05) is 30.3 Å². The standard InChI is InChI=1S/C23H26N2O4/c1-24(23(27)16-29-20-7-8-22-18(13-20)10-12-28-22)21(17-5-3-2-4-6-17)15-25-11-9-19(26)14-25/h2-8,10,12-13,19,21,26H,9,11,14-16H2,1H3/p+1/t19-,21?/m0/s1. The second-order valence-electron chi connectivity index (χ2n) is 7.68. The molecule has 4 rings (SSSR count). The van der Waals surface area contributed by atoms with Crippen molar-refractivity contribution in [2.24, 2.45) is 0 Å². The number of fused-ring (bicyclic) bond motifs is 1. The number of β-amino-alcohol motifs (C(OH)–C–C–N with tert-alkyl or cyclic N) is 1. The number of quaternary nitrogens is 1. The molecule has 2 unspecified atom stereocenters. The number of rotatable bonds is 7. The largest absolute Gasteiger partial charge is 0.479 e. The number of carbonyl (C=O) groups excluding carboxylic acids is 1. The van der Waals surface area contributed by atoms with Crippen LogP contribution in [0.3, 0.4) is 0 Å². The normalized spacial score (nSPS) is 19.3. The summed E-state index contributed by atoms with van der Waals surface area (Å²) in [5.41, 5.74) is 1.91. The molecule has 1 fully saturated rings. The Hall–Kier alpha value is -2.67. The molecular formula is C23H27N2O4+. The summed E-state index contributed by atoms with van der Waals surface area (Å²) in [4.78, 5) is 15.9. The number of likely N-dealkylation sites (tertiary alicyclic amines) is 1. The van der Waals surface area contributed by atoms with Gasteiger partial charge in [-0.3, -0.25) is 9.80 Å². The fourth-order valence-corrected chi connectivity index (χ4v) is 3.91. The molecule has 1 aromatic heterocycles. The van der Waals surface area contributed by atoms with Crippen LogP contribution in [0.1, 0.15) is 18.0 Å². The molecule has 152 valence electrons. The lowest BCUT2D eigenvalue weighted by Crippen LogP contribution is -3.13. The zero-order chi connectivity index (χ0) is 20.2. The van der Waals surface area contributed by atoms with Gasteiger partial charge < -0.3 is 14.3 Å². The van der Waals surface area contributed by atoms with Crippen molar-refractivity contribution in [1.29, 1.82) is 0 Å². The van der Waals surface area contributed by atoms with E-state index in [-0.39, 0.29) is 24.7 Å². The van der Waals surface area contributed by atoms with Gasteiger partial charge in [0, 0.05) is 24.0 Å². The fraction of sp³-hybridized carbons (Fsp3) is 0.348. The van der Waals surface area contributed by atoms with Gasteiger partial charge in [-0.25, -0.2) is 4.79 Å². The minimum Gasteiger partial charge on any atom is -0.479 e. The molecule has 1 aliphatic heterocycles. The number of hydrogen-bond donors (Lipinski definition) is 2. The van der Waals surface area contributed by atoms with Gasteiger partial charge in [0.1, 0.15) is 17.4 Å². The molecule has 6 heteroatoms. The smallest absolute Gasteiger partial charge is 0.350 e. The van der Waals surface area contributed by atoms with Gasteiger partial charge in [0.15, 0.2) is 0 Å². The van der Waals surface area contributed by atoms with Crippen LogP contribution in [0, 0.1) is 0 Å². The lowest BCUT2D eigenvalue weighted by molar-refractivity contribution is -0.833. The number of carbonyl (C=O) groups is 1. The maximum Gasteiger partial charge on any atom is 0.350 e. The third-order valence-electron chi connectivity index (χ3n) is 5.65. The van der Waals surface area contributed by atoms with Crippen LogP contribution >= 0.6 is 0 Å². The van der Waals surface area contributed by atoms with Crippen LogP contribution in [0.5, 0.6) is 5.75 Å². The summed E-state index contributed by atoms with van der Waals surface area (Å²) in [7, 11) is 1.90. The summed E-state index contributed by atoms with van der Waals surface area (Å²) < 4.78 is 11.1. The lowest BCUT2D eigenvalue weighted by Gasteiger charge is -2.27. The van der Waals surface area contributed by atoms with Gasteiger partial charge in [0.2, 0.25) is 6.61 Å². The fourth-order valence-electron chi connectivity index (χ4n) is 3.91. The third kappa shape index (κ3) is 4.67. The average Bonchev–Trinajstić information content (AvgIpc) is 3.38.